The molecular weight excluding hydrogens is 290 g/mol. The molecular formula is C16H16ClNO3. The number of amides is 1. The lowest BCUT2D eigenvalue weighted by molar-refractivity contribution is 0.111. The van der Waals surface area contributed by atoms with Crippen molar-refractivity contribution in [2.75, 3.05) is 19.7 Å². The third-order valence-corrected chi connectivity index (χ3v) is 3.77. The summed E-state index contributed by atoms with van der Waals surface area (Å²) in [7, 11) is 0. The molecule has 0 radical (unpaired) electrons. The van der Waals surface area contributed by atoms with Crippen LogP contribution in [0.5, 0.6) is 0 Å². The van der Waals surface area contributed by atoms with Crippen LogP contribution in [0.25, 0.3) is 16.5 Å². The summed E-state index contributed by atoms with van der Waals surface area (Å²) in [6.07, 6.45) is 2.51. The van der Waals surface area contributed by atoms with Crippen molar-refractivity contribution in [1.29, 1.82) is 0 Å². The first-order valence-corrected chi connectivity index (χ1v) is 7.35. The summed E-state index contributed by atoms with van der Waals surface area (Å²) < 4.78 is 10.8. The predicted molar refractivity (Wildman–Crippen MR) is 82.4 cm³/mol. The minimum Gasteiger partial charge on any atom is -0.456 e. The lowest BCUT2D eigenvalue weighted by Crippen LogP contribution is -2.35. The van der Waals surface area contributed by atoms with Crippen LogP contribution >= 0.6 is 11.6 Å². The van der Waals surface area contributed by atoms with E-state index in [0.717, 1.165) is 28.7 Å². The average Bonchev–Trinajstić information content (AvgIpc) is 2.90. The summed E-state index contributed by atoms with van der Waals surface area (Å²) in [6, 6.07) is 7.57. The highest BCUT2D eigenvalue weighted by atomic mass is 35.5. The van der Waals surface area contributed by atoms with E-state index in [1.807, 2.05) is 37.3 Å². The van der Waals surface area contributed by atoms with E-state index < -0.39 is 0 Å². The first-order chi connectivity index (χ1) is 10.2. The molecule has 4 nitrogen and oxygen atoms in total. The first kappa shape index (κ1) is 14.0. The van der Waals surface area contributed by atoms with E-state index in [1.165, 1.54) is 0 Å². The van der Waals surface area contributed by atoms with E-state index >= 15 is 0 Å². The largest absolute Gasteiger partial charge is 0.456 e. The van der Waals surface area contributed by atoms with Gasteiger partial charge in [-0.3, -0.25) is 0 Å². The number of hydrogen-bond donors (Lipinski definition) is 0. The third kappa shape index (κ3) is 2.90. The van der Waals surface area contributed by atoms with Crippen LogP contribution in [0.3, 0.4) is 0 Å². The van der Waals surface area contributed by atoms with Gasteiger partial charge in [0.05, 0.1) is 6.61 Å². The van der Waals surface area contributed by atoms with Crippen LogP contribution in [0.2, 0.25) is 5.02 Å². The monoisotopic (exact) mass is 305 g/mol. The second-order valence-corrected chi connectivity index (χ2v) is 5.35. The second-order valence-electron chi connectivity index (χ2n) is 4.92. The number of furan rings is 1. The topological polar surface area (TPSA) is 42.7 Å². The van der Waals surface area contributed by atoms with Crippen molar-refractivity contribution >= 4 is 34.2 Å². The fourth-order valence-corrected chi connectivity index (χ4v) is 2.63. The quantitative estimate of drug-likeness (QED) is 0.829. The lowest BCUT2D eigenvalue weighted by atomic mass is 10.1. The number of ether oxygens (including phenoxy) is 1. The zero-order chi connectivity index (χ0) is 14.8. The molecule has 2 aromatic rings. The maximum Gasteiger partial charge on any atom is 0.410 e. The molecule has 0 saturated carbocycles. The molecule has 0 fully saturated rings. The highest BCUT2D eigenvalue weighted by Crippen LogP contribution is 2.30. The second kappa shape index (κ2) is 5.82. The summed E-state index contributed by atoms with van der Waals surface area (Å²) in [5.74, 6) is 0.843. The van der Waals surface area contributed by atoms with Crippen molar-refractivity contribution in [2.45, 2.75) is 13.3 Å². The summed E-state index contributed by atoms with van der Waals surface area (Å²) in [4.78, 5) is 13.3. The standard InChI is InChI=1S/C16H16ClNO3/c1-2-20-16(19)18-7-5-11(6-8-18)15-10-12-9-13(17)3-4-14(12)21-15/h3-5,9-10H,2,6-8H2,1H3. The SMILES string of the molecule is CCOC(=O)N1CC=C(c2cc3cc(Cl)ccc3o2)CC1. The zero-order valence-electron chi connectivity index (χ0n) is 11.8. The predicted octanol–water partition coefficient (Wildman–Crippen LogP) is 4.33. The maximum atomic E-state index is 11.7. The Morgan fingerprint density at radius 3 is 3.00 bits per heavy atom. The minimum absolute atomic E-state index is 0.260. The van der Waals surface area contributed by atoms with Gasteiger partial charge in [0.25, 0.3) is 0 Å². The molecule has 21 heavy (non-hydrogen) atoms. The molecule has 1 aromatic heterocycles. The van der Waals surface area contributed by atoms with Gasteiger partial charge in [-0.2, -0.15) is 0 Å². The van der Waals surface area contributed by atoms with Crippen LogP contribution in [0.4, 0.5) is 4.79 Å². The van der Waals surface area contributed by atoms with Gasteiger partial charge in [0, 0.05) is 23.5 Å². The summed E-state index contributed by atoms with van der Waals surface area (Å²) in [5.41, 5.74) is 1.94. The molecule has 1 amide bonds. The lowest BCUT2D eigenvalue weighted by Gasteiger charge is -2.24. The summed E-state index contributed by atoms with van der Waals surface area (Å²) in [5, 5.41) is 1.69. The minimum atomic E-state index is -0.260. The van der Waals surface area contributed by atoms with E-state index in [-0.39, 0.29) is 6.09 Å². The highest BCUT2D eigenvalue weighted by molar-refractivity contribution is 6.31. The molecule has 0 aliphatic carbocycles. The van der Waals surface area contributed by atoms with Gasteiger partial charge in [-0.25, -0.2) is 4.79 Å². The molecule has 0 saturated heterocycles. The highest BCUT2D eigenvalue weighted by Gasteiger charge is 2.20. The molecule has 0 atom stereocenters. The Morgan fingerprint density at radius 2 is 2.29 bits per heavy atom. The zero-order valence-corrected chi connectivity index (χ0v) is 12.5. The van der Waals surface area contributed by atoms with Gasteiger partial charge in [-0.1, -0.05) is 17.7 Å². The van der Waals surface area contributed by atoms with E-state index in [0.29, 0.717) is 24.7 Å². The summed E-state index contributed by atoms with van der Waals surface area (Å²) in [6.45, 7) is 3.40. The van der Waals surface area contributed by atoms with Crippen LogP contribution in [-0.2, 0) is 4.74 Å². The molecule has 1 aliphatic rings. The Balaban J connectivity index is 1.79. The average molecular weight is 306 g/mol. The van der Waals surface area contributed by atoms with Crippen LogP contribution in [0.1, 0.15) is 19.1 Å². The van der Waals surface area contributed by atoms with Gasteiger partial charge >= 0.3 is 6.09 Å². The Labute approximate surface area is 127 Å². The van der Waals surface area contributed by atoms with Crippen molar-refractivity contribution < 1.29 is 13.9 Å². The Kier molecular flexibility index (Phi) is 3.88. The first-order valence-electron chi connectivity index (χ1n) is 6.97. The Bertz CT molecular complexity index is 705. The van der Waals surface area contributed by atoms with Gasteiger partial charge in [-0.05, 0) is 43.2 Å². The van der Waals surface area contributed by atoms with Crippen molar-refractivity contribution in [3.8, 4) is 0 Å². The van der Waals surface area contributed by atoms with Crippen molar-refractivity contribution in [3.05, 3.63) is 41.1 Å². The molecule has 1 aliphatic heterocycles. The van der Waals surface area contributed by atoms with Crippen LogP contribution in [-0.4, -0.2) is 30.7 Å². The number of rotatable bonds is 2. The van der Waals surface area contributed by atoms with E-state index in [9.17, 15) is 4.79 Å². The number of benzene rings is 1. The molecule has 0 unspecified atom stereocenters. The van der Waals surface area contributed by atoms with Crippen molar-refractivity contribution in [1.82, 2.24) is 4.90 Å². The molecule has 110 valence electrons. The number of carbonyl (C=O) groups excluding carboxylic acids is 1. The molecule has 0 N–H and O–H groups in total. The van der Waals surface area contributed by atoms with Crippen LogP contribution < -0.4 is 0 Å². The summed E-state index contributed by atoms with van der Waals surface area (Å²) >= 11 is 5.98. The number of carbonyl (C=O) groups is 1. The van der Waals surface area contributed by atoms with Gasteiger partial charge < -0.3 is 14.1 Å². The number of halogens is 1. The van der Waals surface area contributed by atoms with Gasteiger partial charge in [0.2, 0.25) is 0 Å². The molecule has 0 bridgehead atoms. The normalized spacial score (nSPS) is 15.1. The molecule has 2 heterocycles. The van der Waals surface area contributed by atoms with Crippen LogP contribution in [0, 0.1) is 0 Å². The van der Waals surface area contributed by atoms with Crippen molar-refractivity contribution in [3.63, 3.8) is 0 Å². The van der Waals surface area contributed by atoms with Gasteiger partial charge in [0.15, 0.2) is 0 Å². The molecule has 1 aromatic carbocycles. The third-order valence-electron chi connectivity index (χ3n) is 3.53. The van der Waals surface area contributed by atoms with Gasteiger partial charge in [0.1, 0.15) is 11.3 Å². The van der Waals surface area contributed by atoms with Crippen LogP contribution in [0.15, 0.2) is 34.8 Å². The fourth-order valence-electron chi connectivity index (χ4n) is 2.45. The maximum absolute atomic E-state index is 11.7. The van der Waals surface area contributed by atoms with E-state index in [2.05, 4.69) is 0 Å². The Hall–Kier alpha value is -1.94. The smallest absolute Gasteiger partial charge is 0.410 e. The molecule has 3 rings (SSSR count). The fraction of sp³-hybridized carbons (Fsp3) is 0.312. The molecule has 5 heteroatoms. The Morgan fingerprint density at radius 1 is 1.43 bits per heavy atom. The van der Waals surface area contributed by atoms with Gasteiger partial charge in [-0.15, -0.1) is 0 Å². The number of nitrogens with zero attached hydrogens (tertiary/aromatic N) is 1. The van der Waals surface area contributed by atoms with E-state index in [4.69, 9.17) is 20.8 Å². The number of fused-ring (bicyclic) bond motifs is 1. The van der Waals surface area contributed by atoms with Crippen molar-refractivity contribution in [2.24, 2.45) is 0 Å². The molecule has 0 spiro atoms. The van der Waals surface area contributed by atoms with E-state index in [1.54, 1.807) is 4.90 Å². The number of hydrogen-bond acceptors (Lipinski definition) is 3.